The quantitative estimate of drug-likeness (QED) is 0.766. The molecule has 0 radical (unpaired) electrons. The number of rotatable bonds is 4. The van der Waals surface area contributed by atoms with Crippen molar-refractivity contribution in [2.24, 2.45) is 0 Å². The second kappa shape index (κ2) is 5.11. The van der Waals surface area contributed by atoms with Crippen molar-refractivity contribution in [2.75, 3.05) is 6.61 Å². The molecule has 0 aliphatic rings. The molecule has 90 valence electrons. The van der Waals surface area contributed by atoms with Gasteiger partial charge in [0.2, 0.25) is 0 Å². The van der Waals surface area contributed by atoms with E-state index in [0.29, 0.717) is 0 Å². The van der Waals surface area contributed by atoms with Gasteiger partial charge >= 0.3 is 17.9 Å². The van der Waals surface area contributed by atoms with Crippen molar-refractivity contribution in [2.45, 2.75) is 6.92 Å². The van der Waals surface area contributed by atoms with E-state index in [4.69, 9.17) is 10.2 Å². The van der Waals surface area contributed by atoms with Crippen LogP contribution in [0.5, 0.6) is 0 Å². The van der Waals surface area contributed by atoms with Crippen LogP contribution in [0.3, 0.4) is 0 Å². The van der Waals surface area contributed by atoms with Gasteiger partial charge in [0.15, 0.2) is 0 Å². The van der Waals surface area contributed by atoms with E-state index < -0.39 is 17.9 Å². The Balaban J connectivity index is 3.26. The molecule has 1 aromatic rings. The molecule has 6 nitrogen and oxygen atoms in total. The maximum Gasteiger partial charge on any atom is 0.338 e. The smallest absolute Gasteiger partial charge is 0.338 e. The van der Waals surface area contributed by atoms with Crippen LogP contribution in [0.2, 0.25) is 0 Å². The van der Waals surface area contributed by atoms with Crippen molar-refractivity contribution in [3.63, 3.8) is 0 Å². The van der Waals surface area contributed by atoms with Gasteiger partial charge in [-0.3, -0.25) is 0 Å². The molecule has 0 spiro atoms. The highest BCUT2D eigenvalue weighted by atomic mass is 16.5. The molecule has 0 amide bonds. The lowest BCUT2D eigenvalue weighted by Gasteiger charge is -2.04. The maximum absolute atomic E-state index is 11.4. The molecule has 0 fully saturated rings. The van der Waals surface area contributed by atoms with Crippen LogP contribution in [0.15, 0.2) is 18.2 Å². The molecule has 0 aliphatic heterocycles. The summed E-state index contributed by atoms with van der Waals surface area (Å²) in [6.07, 6.45) is 0. The molecule has 0 aliphatic carbocycles. The standard InChI is InChI=1S/C11H10O6/c1-2-17-11(16)8-4-6(9(12)13)3-7(5-8)10(14)15/h3-5H,2H2,1H3,(H,12,13)(H,14,15). The van der Waals surface area contributed by atoms with Gasteiger partial charge in [0.1, 0.15) is 0 Å². The van der Waals surface area contributed by atoms with E-state index in [2.05, 4.69) is 4.74 Å². The SMILES string of the molecule is CCOC(=O)c1cc(C(=O)O)cc(C(=O)O)c1. The molecule has 2 N–H and O–H groups in total. The molecular weight excluding hydrogens is 228 g/mol. The monoisotopic (exact) mass is 238 g/mol. The lowest BCUT2D eigenvalue weighted by atomic mass is 10.1. The Labute approximate surface area is 96.4 Å². The van der Waals surface area contributed by atoms with Gasteiger partial charge in [-0.2, -0.15) is 0 Å². The molecule has 0 unspecified atom stereocenters. The second-order valence-electron chi connectivity index (χ2n) is 3.13. The van der Waals surface area contributed by atoms with Gasteiger partial charge in [-0.25, -0.2) is 14.4 Å². The predicted molar refractivity (Wildman–Crippen MR) is 56.3 cm³/mol. The number of aromatic carboxylic acids is 2. The van der Waals surface area contributed by atoms with Crippen LogP contribution in [0.1, 0.15) is 38.0 Å². The Hall–Kier alpha value is -2.37. The average molecular weight is 238 g/mol. The van der Waals surface area contributed by atoms with E-state index in [9.17, 15) is 14.4 Å². The molecule has 1 aromatic carbocycles. The summed E-state index contributed by atoms with van der Waals surface area (Å²) in [6.45, 7) is 1.72. The van der Waals surface area contributed by atoms with Gasteiger partial charge in [-0.05, 0) is 25.1 Å². The first kappa shape index (κ1) is 12.7. The fourth-order valence-corrected chi connectivity index (χ4v) is 1.21. The number of hydrogen-bond acceptors (Lipinski definition) is 4. The van der Waals surface area contributed by atoms with Crippen molar-refractivity contribution in [3.8, 4) is 0 Å². The molecule has 17 heavy (non-hydrogen) atoms. The van der Waals surface area contributed by atoms with Gasteiger partial charge in [-0.15, -0.1) is 0 Å². The zero-order chi connectivity index (χ0) is 13.0. The lowest BCUT2D eigenvalue weighted by Crippen LogP contribution is -2.10. The van der Waals surface area contributed by atoms with Gasteiger partial charge in [-0.1, -0.05) is 0 Å². The molecule has 0 saturated heterocycles. The van der Waals surface area contributed by atoms with E-state index in [1.807, 2.05) is 0 Å². The summed E-state index contributed by atoms with van der Waals surface area (Å²) in [5.41, 5.74) is -0.634. The van der Waals surface area contributed by atoms with Crippen molar-refractivity contribution >= 4 is 17.9 Å². The minimum absolute atomic E-state index is 0.0934. The molecule has 0 atom stereocenters. The highest BCUT2D eigenvalue weighted by Crippen LogP contribution is 2.12. The average Bonchev–Trinajstić information content (AvgIpc) is 2.28. The normalized spacial score (nSPS) is 9.71. The number of hydrogen-bond donors (Lipinski definition) is 2. The Morgan fingerprint density at radius 2 is 1.41 bits per heavy atom. The molecule has 6 heteroatoms. The van der Waals surface area contributed by atoms with Crippen LogP contribution in [-0.4, -0.2) is 34.7 Å². The number of carboxylic acid groups (broad SMARTS) is 2. The zero-order valence-electron chi connectivity index (χ0n) is 8.97. The number of carboxylic acids is 2. The maximum atomic E-state index is 11.4. The Kier molecular flexibility index (Phi) is 3.82. The predicted octanol–water partition coefficient (Wildman–Crippen LogP) is 1.26. The van der Waals surface area contributed by atoms with Crippen LogP contribution in [-0.2, 0) is 4.74 Å². The van der Waals surface area contributed by atoms with Crippen LogP contribution in [0.4, 0.5) is 0 Å². The molecule has 0 heterocycles. The first-order valence-electron chi connectivity index (χ1n) is 4.74. The second-order valence-corrected chi connectivity index (χ2v) is 3.13. The molecule has 0 saturated carbocycles. The minimum atomic E-state index is -1.31. The van der Waals surface area contributed by atoms with Crippen molar-refractivity contribution in [1.82, 2.24) is 0 Å². The molecular formula is C11H10O6. The first-order valence-corrected chi connectivity index (χ1v) is 4.74. The summed E-state index contributed by atoms with van der Waals surface area (Å²) in [6, 6.07) is 3.13. The van der Waals surface area contributed by atoms with Gasteiger partial charge in [0.05, 0.1) is 23.3 Å². The Morgan fingerprint density at radius 1 is 1.00 bits per heavy atom. The summed E-state index contributed by atoms with van der Waals surface area (Å²) in [5, 5.41) is 17.6. The fourth-order valence-electron chi connectivity index (χ4n) is 1.21. The molecule has 0 aromatic heterocycles. The fraction of sp³-hybridized carbons (Fsp3) is 0.182. The van der Waals surface area contributed by atoms with Crippen molar-refractivity contribution in [3.05, 3.63) is 34.9 Å². The van der Waals surface area contributed by atoms with Gasteiger partial charge in [0.25, 0.3) is 0 Å². The van der Waals surface area contributed by atoms with Crippen LogP contribution in [0, 0.1) is 0 Å². The zero-order valence-corrected chi connectivity index (χ0v) is 8.97. The highest BCUT2D eigenvalue weighted by molar-refractivity contribution is 5.99. The molecule has 0 bridgehead atoms. The topological polar surface area (TPSA) is 101 Å². The van der Waals surface area contributed by atoms with Crippen LogP contribution < -0.4 is 0 Å². The largest absolute Gasteiger partial charge is 0.478 e. The summed E-state index contributed by atoms with van der Waals surface area (Å²) < 4.78 is 4.67. The van der Waals surface area contributed by atoms with Crippen molar-refractivity contribution < 1.29 is 29.3 Å². The number of benzene rings is 1. The van der Waals surface area contributed by atoms with E-state index in [1.165, 1.54) is 0 Å². The summed E-state index contributed by atoms with van der Waals surface area (Å²) in [4.78, 5) is 32.9. The highest BCUT2D eigenvalue weighted by Gasteiger charge is 2.15. The Bertz CT molecular complexity index is 445. The summed E-state index contributed by atoms with van der Waals surface area (Å²) in [7, 11) is 0. The summed E-state index contributed by atoms with van der Waals surface area (Å²) in [5.74, 6) is -3.37. The third-order valence-electron chi connectivity index (χ3n) is 1.94. The van der Waals surface area contributed by atoms with E-state index in [0.717, 1.165) is 18.2 Å². The Morgan fingerprint density at radius 3 is 1.76 bits per heavy atom. The van der Waals surface area contributed by atoms with Gasteiger partial charge in [0, 0.05) is 0 Å². The lowest BCUT2D eigenvalue weighted by molar-refractivity contribution is 0.0526. The van der Waals surface area contributed by atoms with E-state index in [1.54, 1.807) is 6.92 Å². The number of carbonyl (C=O) groups is 3. The third kappa shape index (κ3) is 3.04. The van der Waals surface area contributed by atoms with E-state index in [-0.39, 0.29) is 23.3 Å². The van der Waals surface area contributed by atoms with Crippen LogP contribution in [0.25, 0.3) is 0 Å². The first-order chi connectivity index (χ1) is 7.95. The number of esters is 1. The summed E-state index contributed by atoms with van der Waals surface area (Å²) >= 11 is 0. The van der Waals surface area contributed by atoms with Crippen molar-refractivity contribution in [1.29, 1.82) is 0 Å². The molecule has 1 rings (SSSR count). The van der Waals surface area contributed by atoms with Crippen LogP contribution >= 0.6 is 0 Å². The number of ether oxygens (including phenoxy) is 1. The van der Waals surface area contributed by atoms with Gasteiger partial charge < -0.3 is 14.9 Å². The van der Waals surface area contributed by atoms with E-state index >= 15 is 0 Å². The minimum Gasteiger partial charge on any atom is -0.478 e. The third-order valence-corrected chi connectivity index (χ3v) is 1.94. The number of carbonyl (C=O) groups excluding carboxylic acids is 1.